The third-order valence-electron chi connectivity index (χ3n) is 5.00. The molecule has 0 bridgehead atoms. The molecule has 0 aliphatic rings. The first-order valence-electron chi connectivity index (χ1n) is 9.95. The fraction of sp³-hybridized carbons (Fsp3) is 0.333. The third-order valence-corrected chi connectivity index (χ3v) is 6.37. The van der Waals surface area contributed by atoms with Crippen molar-refractivity contribution >= 4 is 33.2 Å². The predicted molar refractivity (Wildman–Crippen MR) is 126 cm³/mol. The highest BCUT2D eigenvalue weighted by atomic mass is 79.9. The van der Waals surface area contributed by atoms with E-state index in [-0.39, 0.29) is 11.9 Å². The van der Waals surface area contributed by atoms with E-state index in [0.29, 0.717) is 18.7 Å². The van der Waals surface area contributed by atoms with Gasteiger partial charge in [0.25, 0.3) is 5.91 Å². The van der Waals surface area contributed by atoms with Gasteiger partial charge in [-0.3, -0.25) is 4.79 Å². The first-order chi connectivity index (χ1) is 14.2. The van der Waals surface area contributed by atoms with Gasteiger partial charge < -0.3 is 9.64 Å². The lowest BCUT2D eigenvalue weighted by Gasteiger charge is -2.26. The van der Waals surface area contributed by atoms with Gasteiger partial charge in [0, 0.05) is 21.5 Å². The van der Waals surface area contributed by atoms with Gasteiger partial charge in [-0.25, -0.2) is 4.98 Å². The van der Waals surface area contributed by atoms with Crippen LogP contribution < -0.4 is 4.74 Å². The lowest BCUT2D eigenvalue weighted by atomic mass is 10.1. The molecule has 1 aromatic heterocycles. The normalized spacial score (nSPS) is 11.0. The first-order valence-corrected chi connectivity index (χ1v) is 11.6. The summed E-state index contributed by atoms with van der Waals surface area (Å²) in [4.78, 5) is 19.6. The number of carbonyl (C=O) groups is 1. The Morgan fingerprint density at radius 3 is 2.67 bits per heavy atom. The Labute approximate surface area is 191 Å². The topological polar surface area (TPSA) is 42.4 Å². The third kappa shape index (κ3) is 5.49. The Kier molecular flexibility index (Phi) is 7.32. The highest BCUT2D eigenvalue weighted by molar-refractivity contribution is 9.10. The molecule has 2 aromatic carbocycles. The van der Waals surface area contributed by atoms with Crippen molar-refractivity contribution in [1.82, 2.24) is 9.88 Å². The number of thiazole rings is 1. The van der Waals surface area contributed by atoms with Crippen LogP contribution in [0, 0.1) is 20.8 Å². The monoisotopic (exact) mass is 486 g/mol. The first kappa shape index (κ1) is 22.5. The zero-order valence-electron chi connectivity index (χ0n) is 18.0. The van der Waals surface area contributed by atoms with E-state index < -0.39 is 0 Å². The molecule has 0 unspecified atom stereocenters. The fourth-order valence-corrected chi connectivity index (χ4v) is 4.32. The molecule has 4 nitrogen and oxygen atoms in total. The molecule has 3 aromatic rings. The number of amides is 1. The largest absolute Gasteiger partial charge is 0.486 e. The van der Waals surface area contributed by atoms with Gasteiger partial charge in [0.05, 0.1) is 12.2 Å². The number of rotatable bonds is 7. The molecular formula is C24H27BrN2O2S. The lowest BCUT2D eigenvalue weighted by Crippen LogP contribution is -2.36. The van der Waals surface area contributed by atoms with Crippen LogP contribution in [0.3, 0.4) is 0 Å². The summed E-state index contributed by atoms with van der Waals surface area (Å²) in [6.45, 7) is 11.2. The van der Waals surface area contributed by atoms with Crippen molar-refractivity contribution in [3.8, 4) is 5.75 Å². The number of hydrogen-bond donors (Lipinski definition) is 0. The van der Waals surface area contributed by atoms with E-state index in [1.54, 1.807) is 11.3 Å². The average molecular weight is 487 g/mol. The molecule has 1 amide bonds. The Bertz CT molecular complexity index is 1050. The van der Waals surface area contributed by atoms with E-state index in [0.717, 1.165) is 26.5 Å². The highest BCUT2D eigenvalue weighted by Gasteiger charge is 2.20. The van der Waals surface area contributed by atoms with Gasteiger partial charge in [-0.15, -0.1) is 11.3 Å². The average Bonchev–Trinajstić information content (AvgIpc) is 3.14. The van der Waals surface area contributed by atoms with Gasteiger partial charge in [-0.2, -0.15) is 0 Å². The lowest BCUT2D eigenvalue weighted by molar-refractivity contribution is 0.0688. The molecule has 0 aliphatic heterocycles. The molecule has 0 saturated heterocycles. The van der Waals surface area contributed by atoms with Crippen LogP contribution in [-0.2, 0) is 13.2 Å². The zero-order valence-corrected chi connectivity index (χ0v) is 20.4. The van der Waals surface area contributed by atoms with Gasteiger partial charge in [0.2, 0.25) is 0 Å². The molecule has 0 fully saturated rings. The molecular weight excluding hydrogens is 460 g/mol. The maximum atomic E-state index is 13.0. The van der Waals surface area contributed by atoms with E-state index >= 15 is 0 Å². The second-order valence-corrected chi connectivity index (χ2v) is 9.62. The molecule has 1 heterocycles. The van der Waals surface area contributed by atoms with Crippen LogP contribution in [-0.4, -0.2) is 21.8 Å². The maximum absolute atomic E-state index is 13.0. The number of benzene rings is 2. The van der Waals surface area contributed by atoms with Crippen molar-refractivity contribution in [3.05, 3.63) is 79.2 Å². The number of carbonyl (C=O) groups excluding carboxylic acids is 1. The number of halogens is 1. The van der Waals surface area contributed by atoms with E-state index in [1.807, 2.05) is 48.4 Å². The van der Waals surface area contributed by atoms with Gasteiger partial charge in [0.15, 0.2) is 0 Å². The molecule has 0 radical (unpaired) electrons. The molecule has 0 aliphatic carbocycles. The Morgan fingerprint density at radius 1 is 1.20 bits per heavy atom. The Morgan fingerprint density at radius 2 is 1.97 bits per heavy atom. The zero-order chi connectivity index (χ0) is 21.8. The minimum atomic E-state index is 0.00274. The molecule has 0 N–H and O–H groups in total. The number of nitrogens with zero attached hydrogens (tertiary/aromatic N) is 2. The highest BCUT2D eigenvalue weighted by Crippen LogP contribution is 2.25. The minimum absolute atomic E-state index is 0.00274. The summed E-state index contributed by atoms with van der Waals surface area (Å²) >= 11 is 5.01. The minimum Gasteiger partial charge on any atom is -0.486 e. The number of aromatic nitrogens is 1. The van der Waals surface area contributed by atoms with Crippen LogP contribution in [0.4, 0.5) is 0 Å². The molecule has 0 spiro atoms. The van der Waals surface area contributed by atoms with E-state index in [9.17, 15) is 4.79 Å². The number of hydrogen-bond acceptors (Lipinski definition) is 4. The van der Waals surface area contributed by atoms with Crippen molar-refractivity contribution < 1.29 is 9.53 Å². The van der Waals surface area contributed by atoms with Crippen molar-refractivity contribution in [2.24, 2.45) is 0 Å². The van der Waals surface area contributed by atoms with Crippen molar-refractivity contribution in [3.63, 3.8) is 0 Å². The molecule has 6 heteroatoms. The van der Waals surface area contributed by atoms with Gasteiger partial charge in [-0.05, 0) is 75.6 Å². The van der Waals surface area contributed by atoms with Gasteiger partial charge >= 0.3 is 0 Å². The van der Waals surface area contributed by atoms with Gasteiger partial charge in [0.1, 0.15) is 17.4 Å². The summed E-state index contributed by atoms with van der Waals surface area (Å²) in [7, 11) is 0. The van der Waals surface area contributed by atoms with Crippen LogP contribution in [0.2, 0.25) is 0 Å². The summed E-state index contributed by atoms with van der Waals surface area (Å²) in [6.07, 6.45) is 0. The maximum Gasteiger partial charge on any atom is 0.254 e. The summed E-state index contributed by atoms with van der Waals surface area (Å²) in [5, 5.41) is 2.92. The number of aryl methyl sites for hydroxylation is 2. The van der Waals surface area contributed by atoms with Crippen molar-refractivity contribution in [1.29, 1.82) is 0 Å². The summed E-state index contributed by atoms with van der Waals surface area (Å²) < 4.78 is 6.94. The molecule has 30 heavy (non-hydrogen) atoms. The molecule has 0 saturated carbocycles. The summed E-state index contributed by atoms with van der Waals surface area (Å²) in [5.74, 6) is 0.904. The quantitative estimate of drug-likeness (QED) is 0.384. The second kappa shape index (κ2) is 9.75. The van der Waals surface area contributed by atoms with Crippen LogP contribution in [0.1, 0.15) is 51.6 Å². The van der Waals surface area contributed by atoms with Crippen LogP contribution in [0.15, 0.2) is 46.3 Å². The van der Waals surface area contributed by atoms with E-state index in [1.165, 1.54) is 11.1 Å². The number of ether oxygens (including phenoxy) is 1. The smallest absolute Gasteiger partial charge is 0.254 e. The van der Waals surface area contributed by atoms with Crippen LogP contribution in [0.5, 0.6) is 5.75 Å². The van der Waals surface area contributed by atoms with Crippen LogP contribution >= 0.6 is 27.3 Å². The second-order valence-electron chi connectivity index (χ2n) is 7.76. The van der Waals surface area contributed by atoms with Gasteiger partial charge in [-0.1, -0.05) is 28.1 Å². The predicted octanol–water partition coefficient (Wildman–Crippen LogP) is 6.46. The van der Waals surface area contributed by atoms with Crippen LogP contribution in [0.25, 0.3) is 0 Å². The van der Waals surface area contributed by atoms with E-state index in [4.69, 9.17) is 9.72 Å². The SMILES string of the molecule is Cc1cc(C)c(C)c(OCc2nc(CN(C(=O)c3cccc(Br)c3)C(C)C)cs2)c1. The standard InChI is InChI=1S/C24H27BrN2O2S/c1-15(2)27(24(28)19-7-6-8-20(25)11-19)12-21-14-30-23(26-21)13-29-22-10-16(3)9-17(4)18(22)5/h6-11,14-15H,12-13H2,1-5H3. The van der Waals surface area contributed by atoms with Crippen molar-refractivity contribution in [2.45, 2.75) is 53.8 Å². The molecule has 158 valence electrons. The Balaban J connectivity index is 1.69. The van der Waals surface area contributed by atoms with Crippen molar-refractivity contribution in [2.75, 3.05) is 0 Å². The Hall–Kier alpha value is -2.18. The molecule has 3 rings (SSSR count). The van der Waals surface area contributed by atoms with E-state index in [2.05, 4.69) is 48.8 Å². The molecule has 0 atom stereocenters. The fourth-order valence-electron chi connectivity index (χ4n) is 3.23. The summed E-state index contributed by atoms with van der Waals surface area (Å²) in [5.41, 5.74) is 5.12. The summed E-state index contributed by atoms with van der Waals surface area (Å²) in [6, 6.07) is 11.8.